The number of aryl methyl sites for hydroxylation is 1. The molecule has 1 unspecified atom stereocenters. The van der Waals surface area contributed by atoms with Crippen LogP contribution in [0.1, 0.15) is 18.7 Å². The first-order valence-corrected chi connectivity index (χ1v) is 9.24. The molecule has 0 amide bonds. The number of ether oxygens (including phenoxy) is 1. The van der Waals surface area contributed by atoms with Crippen LogP contribution in [-0.2, 0) is 11.3 Å². The van der Waals surface area contributed by atoms with Crippen LogP contribution in [0.5, 0.6) is 0 Å². The number of nitrogens with zero attached hydrogens (tertiary/aromatic N) is 5. The molecule has 1 saturated heterocycles. The van der Waals surface area contributed by atoms with Gasteiger partial charge in [-0.05, 0) is 50.1 Å². The van der Waals surface area contributed by atoms with Gasteiger partial charge >= 0.3 is 0 Å². The van der Waals surface area contributed by atoms with Crippen LogP contribution in [0.25, 0.3) is 27.9 Å². The number of benzene rings is 1. The van der Waals surface area contributed by atoms with Crippen molar-refractivity contribution < 1.29 is 9.13 Å². The predicted molar refractivity (Wildman–Crippen MR) is 102 cm³/mol. The first-order chi connectivity index (χ1) is 13.6. The molecule has 0 bridgehead atoms. The van der Waals surface area contributed by atoms with E-state index in [1.807, 2.05) is 6.07 Å². The van der Waals surface area contributed by atoms with E-state index in [1.165, 1.54) is 12.1 Å². The Hall–Kier alpha value is -3.13. The zero-order valence-corrected chi connectivity index (χ0v) is 15.3. The standard InChI is InChI=1S/C20H18FN5O2/c1-12-22-20-23-16-8-9-25(11-15-3-2-10-28-15)19(27)17(16)18(26(20)24-12)13-4-6-14(21)7-5-13/h4-9,15H,2-3,10-11H2,1H3. The maximum atomic E-state index is 13.5. The smallest absolute Gasteiger partial charge is 0.262 e. The van der Waals surface area contributed by atoms with Gasteiger partial charge in [0.2, 0.25) is 0 Å². The molecule has 3 aromatic heterocycles. The van der Waals surface area contributed by atoms with Gasteiger partial charge in [-0.15, -0.1) is 5.10 Å². The molecule has 0 saturated carbocycles. The maximum Gasteiger partial charge on any atom is 0.262 e. The molecule has 5 rings (SSSR count). The Morgan fingerprint density at radius 3 is 2.79 bits per heavy atom. The van der Waals surface area contributed by atoms with Crippen molar-refractivity contribution in [3.05, 3.63) is 58.5 Å². The fourth-order valence-corrected chi connectivity index (χ4v) is 3.75. The second-order valence-corrected chi connectivity index (χ2v) is 7.01. The van der Waals surface area contributed by atoms with Gasteiger partial charge in [0.05, 0.1) is 29.2 Å². The summed E-state index contributed by atoms with van der Waals surface area (Å²) in [5.74, 6) is 0.607. The molecule has 0 radical (unpaired) electrons. The molecule has 0 spiro atoms. The number of halogens is 1. The quantitative estimate of drug-likeness (QED) is 0.547. The Bertz CT molecular complexity index is 1240. The molecule has 8 heteroatoms. The summed E-state index contributed by atoms with van der Waals surface area (Å²) in [7, 11) is 0. The first kappa shape index (κ1) is 17.0. The lowest BCUT2D eigenvalue weighted by Crippen LogP contribution is -2.27. The van der Waals surface area contributed by atoms with Crippen LogP contribution in [0.15, 0.2) is 41.3 Å². The highest BCUT2D eigenvalue weighted by Crippen LogP contribution is 2.26. The second kappa shape index (κ2) is 6.49. The number of hydrogen-bond acceptors (Lipinski definition) is 5. The van der Waals surface area contributed by atoms with Crippen molar-refractivity contribution in [2.75, 3.05) is 6.61 Å². The molecule has 4 heterocycles. The van der Waals surface area contributed by atoms with Gasteiger partial charge in [-0.3, -0.25) is 4.79 Å². The molecule has 1 atom stereocenters. The third-order valence-corrected chi connectivity index (χ3v) is 5.05. The van der Waals surface area contributed by atoms with Gasteiger partial charge in [0.1, 0.15) is 11.6 Å². The Morgan fingerprint density at radius 1 is 1.21 bits per heavy atom. The van der Waals surface area contributed by atoms with E-state index in [9.17, 15) is 9.18 Å². The summed E-state index contributed by atoms with van der Waals surface area (Å²) in [6.07, 6.45) is 3.73. The summed E-state index contributed by atoms with van der Waals surface area (Å²) in [6, 6.07) is 7.81. The van der Waals surface area contributed by atoms with E-state index in [2.05, 4.69) is 15.1 Å². The highest BCUT2D eigenvalue weighted by atomic mass is 19.1. The Balaban J connectivity index is 1.80. The highest BCUT2D eigenvalue weighted by molar-refractivity contribution is 5.93. The van der Waals surface area contributed by atoms with E-state index in [4.69, 9.17) is 4.74 Å². The normalized spacial score (nSPS) is 17.0. The van der Waals surface area contributed by atoms with E-state index in [0.29, 0.717) is 40.3 Å². The van der Waals surface area contributed by atoms with Gasteiger partial charge in [0.15, 0.2) is 0 Å². The molecule has 4 aromatic rings. The van der Waals surface area contributed by atoms with Crippen LogP contribution in [0.3, 0.4) is 0 Å². The lowest BCUT2D eigenvalue weighted by atomic mass is 10.1. The molecule has 1 aliphatic heterocycles. The molecular weight excluding hydrogens is 361 g/mol. The third-order valence-electron chi connectivity index (χ3n) is 5.05. The van der Waals surface area contributed by atoms with E-state index in [0.717, 1.165) is 19.4 Å². The lowest BCUT2D eigenvalue weighted by molar-refractivity contribution is 0.0963. The van der Waals surface area contributed by atoms with Crippen LogP contribution in [0.2, 0.25) is 0 Å². The van der Waals surface area contributed by atoms with Crippen LogP contribution in [-0.4, -0.2) is 36.9 Å². The van der Waals surface area contributed by atoms with E-state index < -0.39 is 0 Å². The fourth-order valence-electron chi connectivity index (χ4n) is 3.75. The summed E-state index contributed by atoms with van der Waals surface area (Å²) in [6.45, 7) is 2.99. The van der Waals surface area contributed by atoms with Crippen molar-refractivity contribution >= 4 is 16.7 Å². The highest BCUT2D eigenvalue weighted by Gasteiger charge is 2.21. The molecule has 142 valence electrons. The Labute approximate surface area is 159 Å². The van der Waals surface area contributed by atoms with Crippen LogP contribution >= 0.6 is 0 Å². The molecule has 1 aliphatic rings. The van der Waals surface area contributed by atoms with Crippen molar-refractivity contribution in [1.82, 2.24) is 24.1 Å². The van der Waals surface area contributed by atoms with E-state index >= 15 is 0 Å². The van der Waals surface area contributed by atoms with Gasteiger partial charge in [0.25, 0.3) is 11.3 Å². The van der Waals surface area contributed by atoms with E-state index in [-0.39, 0.29) is 17.5 Å². The molecule has 1 fully saturated rings. The van der Waals surface area contributed by atoms with E-state index in [1.54, 1.807) is 34.3 Å². The maximum absolute atomic E-state index is 13.5. The lowest BCUT2D eigenvalue weighted by Gasteiger charge is -2.14. The van der Waals surface area contributed by atoms with Gasteiger partial charge in [0, 0.05) is 18.4 Å². The minimum atomic E-state index is -0.344. The molecule has 0 aliphatic carbocycles. The third kappa shape index (κ3) is 2.77. The van der Waals surface area contributed by atoms with Crippen molar-refractivity contribution in [1.29, 1.82) is 0 Å². The summed E-state index contributed by atoms with van der Waals surface area (Å²) in [4.78, 5) is 22.2. The SMILES string of the molecule is Cc1nc2nc3ccn(CC4CCCO4)c(=O)c3c(-c3ccc(F)cc3)n2n1. The minimum Gasteiger partial charge on any atom is -0.376 e. The number of pyridine rings is 1. The molecular formula is C20H18FN5O2. The largest absolute Gasteiger partial charge is 0.376 e. The van der Waals surface area contributed by atoms with Crippen LogP contribution in [0.4, 0.5) is 4.39 Å². The summed E-state index contributed by atoms with van der Waals surface area (Å²) >= 11 is 0. The van der Waals surface area contributed by atoms with Gasteiger partial charge in [-0.2, -0.15) is 9.50 Å². The topological polar surface area (TPSA) is 74.3 Å². The summed E-state index contributed by atoms with van der Waals surface area (Å²) in [5, 5.41) is 4.85. The van der Waals surface area contributed by atoms with Gasteiger partial charge in [-0.25, -0.2) is 9.37 Å². The first-order valence-electron chi connectivity index (χ1n) is 9.24. The Kier molecular flexibility index (Phi) is 3.94. The second-order valence-electron chi connectivity index (χ2n) is 7.01. The number of rotatable bonds is 3. The summed E-state index contributed by atoms with van der Waals surface area (Å²) < 4.78 is 22.4. The number of hydrogen-bond donors (Lipinski definition) is 0. The fraction of sp³-hybridized carbons (Fsp3) is 0.300. The average molecular weight is 379 g/mol. The van der Waals surface area contributed by atoms with Crippen LogP contribution in [0, 0.1) is 12.7 Å². The molecule has 0 N–H and O–H groups in total. The zero-order valence-electron chi connectivity index (χ0n) is 15.3. The van der Waals surface area contributed by atoms with Crippen molar-refractivity contribution in [2.45, 2.75) is 32.4 Å². The molecule has 7 nitrogen and oxygen atoms in total. The number of aromatic nitrogens is 5. The van der Waals surface area contributed by atoms with Crippen molar-refractivity contribution in [3.8, 4) is 11.3 Å². The predicted octanol–water partition coefficient (Wildman–Crippen LogP) is 2.73. The van der Waals surface area contributed by atoms with Gasteiger partial charge in [-0.1, -0.05) is 0 Å². The van der Waals surface area contributed by atoms with Crippen LogP contribution < -0.4 is 5.56 Å². The van der Waals surface area contributed by atoms with Crippen molar-refractivity contribution in [2.24, 2.45) is 0 Å². The molecule has 1 aromatic carbocycles. The Morgan fingerprint density at radius 2 is 2.04 bits per heavy atom. The minimum absolute atomic E-state index is 0.0368. The van der Waals surface area contributed by atoms with Gasteiger partial charge < -0.3 is 9.30 Å². The van der Waals surface area contributed by atoms with Crippen molar-refractivity contribution in [3.63, 3.8) is 0 Å². The summed E-state index contributed by atoms with van der Waals surface area (Å²) in [5.41, 5.74) is 1.60. The zero-order chi connectivity index (χ0) is 19.3. The average Bonchev–Trinajstić information content (AvgIpc) is 3.32. The number of fused-ring (bicyclic) bond motifs is 2. The monoisotopic (exact) mass is 379 g/mol. The molecule has 28 heavy (non-hydrogen) atoms.